The summed E-state index contributed by atoms with van der Waals surface area (Å²) in [6.45, 7) is 0. The van der Waals surface area contributed by atoms with E-state index in [4.69, 9.17) is 0 Å². The normalized spacial score (nSPS) is 9.81. The summed E-state index contributed by atoms with van der Waals surface area (Å²) in [6.07, 6.45) is -0.536. The number of nitrogens with one attached hydrogen (secondary N) is 2. The highest BCUT2D eigenvalue weighted by Crippen LogP contribution is 2.15. The Hall–Kier alpha value is -2.09. The average molecular weight is 396 g/mol. The van der Waals surface area contributed by atoms with E-state index >= 15 is 0 Å². The third-order valence-electron chi connectivity index (χ3n) is 2.68. The molecule has 0 aliphatic carbocycles. The molecule has 0 heterocycles. The number of anilines is 2. The van der Waals surface area contributed by atoms with Crippen molar-refractivity contribution in [2.24, 2.45) is 0 Å². The molecule has 108 valence electrons. The van der Waals surface area contributed by atoms with Gasteiger partial charge in [-0.3, -0.25) is 10.1 Å². The third kappa shape index (κ3) is 4.45. The molecule has 0 aliphatic rings. The molecule has 2 aromatic rings. The largest absolute Gasteiger partial charge is 0.453 e. The van der Waals surface area contributed by atoms with Crippen LogP contribution < -0.4 is 10.6 Å². The SMILES string of the molecule is COC(=O)Nc1ccc(NC(=O)c2ccc(I)cc2)cc1. The Morgan fingerprint density at radius 2 is 1.43 bits per heavy atom. The number of methoxy groups -OCH3 is 1. The first-order chi connectivity index (χ1) is 10.1. The number of hydrogen-bond donors (Lipinski definition) is 2. The highest BCUT2D eigenvalue weighted by molar-refractivity contribution is 14.1. The first-order valence-electron chi connectivity index (χ1n) is 6.10. The molecule has 2 rings (SSSR count). The molecule has 0 saturated carbocycles. The van der Waals surface area contributed by atoms with Crippen LogP contribution in [-0.2, 0) is 4.74 Å². The quantitative estimate of drug-likeness (QED) is 0.778. The Morgan fingerprint density at radius 1 is 0.905 bits per heavy atom. The fourth-order valence-corrected chi connectivity index (χ4v) is 1.97. The van der Waals surface area contributed by atoms with Gasteiger partial charge in [0.2, 0.25) is 0 Å². The van der Waals surface area contributed by atoms with Gasteiger partial charge in [0.05, 0.1) is 7.11 Å². The molecule has 0 bridgehead atoms. The minimum atomic E-state index is -0.536. The summed E-state index contributed by atoms with van der Waals surface area (Å²) in [4.78, 5) is 23.1. The van der Waals surface area contributed by atoms with E-state index in [1.165, 1.54) is 7.11 Å². The maximum Gasteiger partial charge on any atom is 0.411 e. The van der Waals surface area contributed by atoms with Crippen molar-refractivity contribution in [3.63, 3.8) is 0 Å². The number of ether oxygens (including phenoxy) is 1. The van der Waals surface area contributed by atoms with Crippen molar-refractivity contribution in [2.45, 2.75) is 0 Å². The third-order valence-corrected chi connectivity index (χ3v) is 3.40. The lowest BCUT2D eigenvalue weighted by Crippen LogP contribution is -2.12. The minimum absolute atomic E-state index is 0.180. The summed E-state index contributed by atoms with van der Waals surface area (Å²) >= 11 is 2.18. The maximum absolute atomic E-state index is 12.0. The van der Waals surface area contributed by atoms with Crippen molar-refractivity contribution < 1.29 is 14.3 Å². The first kappa shape index (κ1) is 15.3. The molecule has 0 unspecified atom stereocenters. The van der Waals surface area contributed by atoms with Gasteiger partial charge in [-0.2, -0.15) is 0 Å². The van der Waals surface area contributed by atoms with Gasteiger partial charge in [0, 0.05) is 20.5 Å². The van der Waals surface area contributed by atoms with E-state index < -0.39 is 6.09 Å². The zero-order valence-corrected chi connectivity index (χ0v) is 13.4. The Balaban J connectivity index is 2.01. The minimum Gasteiger partial charge on any atom is -0.453 e. The molecule has 0 aromatic heterocycles. The van der Waals surface area contributed by atoms with Crippen LogP contribution in [0.2, 0.25) is 0 Å². The second-order valence-corrected chi connectivity index (χ2v) is 5.40. The fraction of sp³-hybridized carbons (Fsp3) is 0.0667. The highest BCUT2D eigenvalue weighted by Gasteiger charge is 2.06. The van der Waals surface area contributed by atoms with E-state index in [1.54, 1.807) is 36.4 Å². The van der Waals surface area contributed by atoms with Crippen LogP contribution in [0, 0.1) is 3.57 Å². The molecular weight excluding hydrogens is 383 g/mol. The molecule has 2 N–H and O–H groups in total. The van der Waals surface area contributed by atoms with E-state index in [0.717, 1.165) is 3.57 Å². The smallest absolute Gasteiger partial charge is 0.411 e. The lowest BCUT2D eigenvalue weighted by atomic mass is 10.2. The number of halogens is 1. The van der Waals surface area contributed by atoms with Crippen LogP contribution in [0.15, 0.2) is 48.5 Å². The molecule has 0 fully saturated rings. The first-order valence-corrected chi connectivity index (χ1v) is 7.18. The summed E-state index contributed by atoms with van der Waals surface area (Å²) < 4.78 is 5.57. The van der Waals surface area contributed by atoms with Crippen molar-refractivity contribution in [1.29, 1.82) is 0 Å². The van der Waals surface area contributed by atoms with Gasteiger partial charge in [0.25, 0.3) is 5.91 Å². The Bertz CT molecular complexity index is 639. The van der Waals surface area contributed by atoms with Gasteiger partial charge in [0.1, 0.15) is 0 Å². The Kier molecular flexibility index (Phi) is 5.15. The van der Waals surface area contributed by atoms with E-state index in [-0.39, 0.29) is 5.91 Å². The topological polar surface area (TPSA) is 67.4 Å². The van der Waals surface area contributed by atoms with Crippen molar-refractivity contribution in [3.8, 4) is 0 Å². The van der Waals surface area contributed by atoms with E-state index in [1.807, 2.05) is 12.1 Å². The second-order valence-electron chi connectivity index (χ2n) is 4.15. The predicted molar refractivity (Wildman–Crippen MR) is 89.6 cm³/mol. The molecule has 0 radical (unpaired) electrons. The van der Waals surface area contributed by atoms with Crippen molar-refractivity contribution >= 4 is 46.0 Å². The summed E-state index contributed by atoms with van der Waals surface area (Å²) in [7, 11) is 1.30. The van der Waals surface area contributed by atoms with Crippen molar-refractivity contribution in [3.05, 3.63) is 57.7 Å². The maximum atomic E-state index is 12.0. The average Bonchev–Trinajstić information content (AvgIpc) is 2.49. The molecule has 0 saturated heterocycles. The molecule has 0 aliphatic heterocycles. The number of amides is 2. The number of carbonyl (C=O) groups excluding carboxylic acids is 2. The monoisotopic (exact) mass is 396 g/mol. The van der Waals surface area contributed by atoms with Crippen LogP contribution in [0.4, 0.5) is 16.2 Å². The van der Waals surface area contributed by atoms with E-state index in [2.05, 4.69) is 38.0 Å². The van der Waals surface area contributed by atoms with Crippen LogP contribution in [0.5, 0.6) is 0 Å². The number of carbonyl (C=O) groups is 2. The number of hydrogen-bond acceptors (Lipinski definition) is 3. The second kappa shape index (κ2) is 7.07. The molecule has 6 heteroatoms. The molecule has 2 aromatic carbocycles. The van der Waals surface area contributed by atoms with Crippen LogP contribution >= 0.6 is 22.6 Å². The highest BCUT2D eigenvalue weighted by atomic mass is 127. The molecule has 5 nitrogen and oxygen atoms in total. The Morgan fingerprint density at radius 3 is 1.95 bits per heavy atom. The lowest BCUT2D eigenvalue weighted by Gasteiger charge is -2.07. The van der Waals surface area contributed by atoms with Crippen LogP contribution in [-0.4, -0.2) is 19.1 Å². The summed E-state index contributed by atoms with van der Waals surface area (Å²) in [5.41, 5.74) is 1.83. The zero-order chi connectivity index (χ0) is 15.2. The Labute approximate surface area is 135 Å². The van der Waals surface area contributed by atoms with Crippen molar-refractivity contribution in [1.82, 2.24) is 0 Å². The lowest BCUT2D eigenvalue weighted by molar-refractivity contribution is 0.102. The van der Waals surface area contributed by atoms with Gasteiger partial charge < -0.3 is 10.1 Å². The predicted octanol–water partition coefficient (Wildman–Crippen LogP) is 3.72. The van der Waals surface area contributed by atoms with Gasteiger partial charge in [-0.25, -0.2) is 4.79 Å². The van der Waals surface area contributed by atoms with Crippen molar-refractivity contribution in [2.75, 3.05) is 17.7 Å². The summed E-state index contributed by atoms with van der Waals surface area (Å²) in [5, 5.41) is 5.32. The molecule has 21 heavy (non-hydrogen) atoms. The van der Waals surface area contributed by atoms with Crippen LogP contribution in [0.1, 0.15) is 10.4 Å². The standard InChI is InChI=1S/C15H13IN2O3/c1-21-15(20)18-13-8-6-12(7-9-13)17-14(19)10-2-4-11(16)5-3-10/h2-9H,1H3,(H,17,19)(H,18,20). The van der Waals surface area contributed by atoms with E-state index in [0.29, 0.717) is 16.9 Å². The van der Waals surface area contributed by atoms with Gasteiger partial charge in [-0.05, 0) is 71.1 Å². The molecule has 0 spiro atoms. The summed E-state index contributed by atoms with van der Waals surface area (Å²) in [6, 6.07) is 14.1. The van der Waals surface area contributed by atoms with Gasteiger partial charge in [0.15, 0.2) is 0 Å². The molecular formula is C15H13IN2O3. The van der Waals surface area contributed by atoms with Crippen LogP contribution in [0.25, 0.3) is 0 Å². The van der Waals surface area contributed by atoms with E-state index in [9.17, 15) is 9.59 Å². The molecule has 2 amide bonds. The fourth-order valence-electron chi connectivity index (χ4n) is 1.61. The molecule has 0 atom stereocenters. The van der Waals surface area contributed by atoms with Crippen LogP contribution in [0.3, 0.4) is 0 Å². The zero-order valence-electron chi connectivity index (χ0n) is 11.2. The van der Waals surface area contributed by atoms with Gasteiger partial charge >= 0.3 is 6.09 Å². The number of benzene rings is 2. The van der Waals surface area contributed by atoms with Gasteiger partial charge in [-0.1, -0.05) is 0 Å². The summed E-state index contributed by atoms with van der Waals surface area (Å²) in [5.74, 6) is -0.180. The van der Waals surface area contributed by atoms with Gasteiger partial charge in [-0.15, -0.1) is 0 Å². The number of rotatable bonds is 3.